The third-order valence-electron chi connectivity index (χ3n) is 3.66. The van der Waals surface area contributed by atoms with E-state index in [1.54, 1.807) is 24.0 Å². The van der Waals surface area contributed by atoms with Gasteiger partial charge in [0.15, 0.2) is 0 Å². The van der Waals surface area contributed by atoms with E-state index >= 15 is 0 Å². The molecule has 9 heteroatoms. The highest BCUT2D eigenvalue weighted by atomic mass is 35.5. The Morgan fingerprint density at radius 2 is 2.22 bits per heavy atom. The molecule has 0 atom stereocenters. The molecule has 0 bridgehead atoms. The van der Waals surface area contributed by atoms with Crippen LogP contribution in [0.4, 0.5) is 8.78 Å². The van der Waals surface area contributed by atoms with E-state index in [1.165, 1.54) is 4.68 Å². The van der Waals surface area contributed by atoms with Gasteiger partial charge in [0.25, 0.3) is 6.43 Å². The van der Waals surface area contributed by atoms with Gasteiger partial charge in [-0.1, -0.05) is 11.6 Å². The Morgan fingerprint density at radius 1 is 1.48 bits per heavy atom. The topological polar surface area (TPSA) is 64.7 Å². The van der Waals surface area contributed by atoms with E-state index in [1.807, 2.05) is 0 Å². The third-order valence-corrected chi connectivity index (χ3v) is 4.04. The largest absolute Gasteiger partial charge is 0.349 e. The van der Waals surface area contributed by atoms with Crippen molar-refractivity contribution in [2.45, 2.75) is 38.3 Å². The summed E-state index contributed by atoms with van der Waals surface area (Å²) < 4.78 is 28.8. The van der Waals surface area contributed by atoms with Gasteiger partial charge in [-0.25, -0.2) is 8.78 Å². The van der Waals surface area contributed by atoms with Crippen LogP contribution in [0.2, 0.25) is 5.02 Å². The summed E-state index contributed by atoms with van der Waals surface area (Å²) >= 11 is 6.01. The van der Waals surface area contributed by atoms with Crippen molar-refractivity contribution in [3.63, 3.8) is 0 Å². The lowest BCUT2D eigenvalue weighted by Crippen LogP contribution is -2.28. The minimum Gasteiger partial charge on any atom is -0.349 e. The second kappa shape index (κ2) is 6.27. The number of nitrogens with zero attached hydrogens (tertiary/aromatic N) is 4. The van der Waals surface area contributed by atoms with Gasteiger partial charge in [0, 0.05) is 19.2 Å². The number of alkyl halides is 2. The summed E-state index contributed by atoms with van der Waals surface area (Å²) in [5, 5.41) is 10.7. The Balaban J connectivity index is 1.69. The molecule has 23 heavy (non-hydrogen) atoms. The van der Waals surface area contributed by atoms with Gasteiger partial charge in [-0.2, -0.15) is 10.2 Å². The standard InChI is InChI=1S/C14H16ClF2N5O/c1-21-5-4-9(19-21)6-18-10(23)7-22-13(8-2-3-8)11(15)12(20-22)14(16)17/h4-5,8,14H,2-3,6-7H2,1H3,(H,18,23). The molecule has 3 rings (SSSR count). The van der Waals surface area contributed by atoms with Crippen LogP contribution in [-0.2, 0) is 24.9 Å². The van der Waals surface area contributed by atoms with Crippen LogP contribution in [0.1, 0.15) is 42.3 Å². The Kier molecular flexibility index (Phi) is 4.34. The second-order valence-corrected chi connectivity index (χ2v) is 5.95. The number of hydrogen-bond acceptors (Lipinski definition) is 3. The van der Waals surface area contributed by atoms with Gasteiger partial charge in [0.05, 0.1) is 23.0 Å². The van der Waals surface area contributed by atoms with E-state index in [0.717, 1.165) is 18.5 Å². The predicted octanol–water partition coefficient (Wildman–Crippen LogP) is 2.40. The third kappa shape index (κ3) is 3.52. The maximum Gasteiger partial charge on any atom is 0.283 e. The highest BCUT2D eigenvalue weighted by Gasteiger charge is 2.34. The lowest BCUT2D eigenvalue weighted by atomic mass is 10.2. The van der Waals surface area contributed by atoms with E-state index in [0.29, 0.717) is 5.69 Å². The molecule has 1 amide bonds. The minimum atomic E-state index is -2.75. The maximum absolute atomic E-state index is 12.9. The summed E-state index contributed by atoms with van der Waals surface area (Å²) in [4.78, 5) is 12.0. The molecule has 1 fully saturated rings. The van der Waals surface area contributed by atoms with Crippen molar-refractivity contribution in [2.75, 3.05) is 0 Å². The fourth-order valence-corrected chi connectivity index (χ4v) is 2.79. The molecule has 124 valence electrons. The van der Waals surface area contributed by atoms with E-state index in [-0.39, 0.29) is 29.9 Å². The van der Waals surface area contributed by atoms with Crippen LogP contribution in [0.25, 0.3) is 0 Å². The van der Waals surface area contributed by atoms with Crippen LogP contribution >= 0.6 is 11.6 Å². The molecule has 2 aromatic heterocycles. The number of aryl methyl sites for hydroxylation is 1. The monoisotopic (exact) mass is 343 g/mol. The Morgan fingerprint density at radius 3 is 2.78 bits per heavy atom. The van der Waals surface area contributed by atoms with Crippen LogP contribution in [-0.4, -0.2) is 25.5 Å². The number of hydrogen-bond donors (Lipinski definition) is 1. The molecule has 1 aliphatic carbocycles. The zero-order chi connectivity index (χ0) is 16.6. The van der Waals surface area contributed by atoms with Gasteiger partial charge in [-0.3, -0.25) is 14.2 Å². The van der Waals surface area contributed by atoms with Gasteiger partial charge >= 0.3 is 0 Å². The summed E-state index contributed by atoms with van der Waals surface area (Å²) in [7, 11) is 1.78. The highest BCUT2D eigenvalue weighted by Crippen LogP contribution is 2.45. The molecule has 1 N–H and O–H groups in total. The van der Waals surface area contributed by atoms with Crippen molar-refractivity contribution in [3.8, 4) is 0 Å². The van der Waals surface area contributed by atoms with Crippen molar-refractivity contribution in [1.29, 1.82) is 0 Å². The molecule has 0 aromatic carbocycles. The summed E-state index contributed by atoms with van der Waals surface area (Å²) in [5.74, 6) is -0.205. The lowest BCUT2D eigenvalue weighted by Gasteiger charge is -2.07. The van der Waals surface area contributed by atoms with Gasteiger partial charge in [0.2, 0.25) is 5.91 Å². The van der Waals surface area contributed by atoms with Gasteiger partial charge < -0.3 is 5.32 Å². The molecule has 0 saturated heterocycles. The zero-order valence-electron chi connectivity index (χ0n) is 12.5. The van der Waals surface area contributed by atoms with Crippen LogP contribution in [0.5, 0.6) is 0 Å². The number of amides is 1. The first kappa shape index (κ1) is 15.9. The van der Waals surface area contributed by atoms with Gasteiger partial charge in [-0.05, 0) is 18.9 Å². The normalized spacial score (nSPS) is 14.5. The number of carbonyl (C=O) groups is 1. The Labute approximate surface area is 136 Å². The van der Waals surface area contributed by atoms with E-state index in [2.05, 4.69) is 15.5 Å². The average molecular weight is 344 g/mol. The summed E-state index contributed by atoms with van der Waals surface area (Å²) in [6, 6.07) is 1.79. The first-order valence-corrected chi connectivity index (χ1v) is 7.63. The average Bonchev–Trinajstić information content (AvgIpc) is 3.15. The fourth-order valence-electron chi connectivity index (χ4n) is 2.42. The van der Waals surface area contributed by atoms with Gasteiger partial charge in [-0.15, -0.1) is 0 Å². The van der Waals surface area contributed by atoms with Crippen LogP contribution in [0.15, 0.2) is 12.3 Å². The first-order valence-electron chi connectivity index (χ1n) is 7.25. The maximum atomic E-state index is 12.9. The van der Waals surface area contributed by atoms with Crippen molar-refractivity contribution >= 4 is 17.5 Å². The number of halogens is 3. The molecule has 2 aromatic rings. The molecule has 0 unspecified atom stereocenters. The highest BCUT2D eigenvalue weighted by molar-refractivity contribution is 6.32. The van der Waals surface area contributed by atoms with E-state index in [4.69, 9.17) is 11.6 Å². The molecule has 2 heterocycles. The molecule has 0 radical (unpaired) electrons. The molecular weight excluding hydrogens is 328 g/mol. The quantitative estimate of drug-likeness (QED) is 0.876. The van der Waals surface area contributed by atoms with Crippen molar-refractivity contribution in [2.24, 2.45) is 7.05 Å². The van der Waals surface area contributed by atoms with Crippen molar-refractivity contribution in [3.05, 3.63) is 34.4 Å². The Hall–Kier alpha value is -1.96. The fraction of sp³-hybridized carbons (Fsp3) is 0.500. The first-order chi connectivity index (χ1) is 11.0. The smallest absolute Gasteiger partial charge is 0.283 e. The van der Waals surface area contributed by atoms with Gasteiger partial charge in [0.1, 0.15) is 12.2 Å². The second-order valence-electron chi connectivity index (χ2n) is 5.57. The van der Waals surface area contributed by atoms with Crippen LogP contribution in [0.3, 0.4) is 0 Å². The summed E-state index contributed by atoms with van der Waals surface area (Å²) in [5.41, 5.74) is 0.802. The molecule has 6 nitrogen and oxygen atoms in total. The molecule has 1 saturated carbocycles. The van der Waals surface area contributed by atoms with Crippen molar-refractivity contribution in [1.82, 2.24) is 24.9 Å². The zero-order valence-corrected chi connectivity index (χ0v) is 13.2. The van der Waals surface area contributed by atoms with Crippen molar-refractivity contribution < 1.29 is 13.6 Å². The number of nitrogens with one attached hydrogen (secondary N) is 1. The summed E-state index contributed by atoms with van der Waals surface area (Å²) in [6.45, 7) is 0.139. The van der Waals surface area contributed by atoms with E-state index in [9.17, 15) is 13.6 Å². The molecule has 0 spiro atoms. The Bertz CT molecular complexity index is 723. The predicted molar refractivity (Wildman–Crippen MR) is 79.2 cm³/mol. The molecule has 1 aliphatic rings. The van der Waals surface area contributed by atoms with Crippen LogP contribution < -0.4 is 5.32 Å². The summed E-state index contributed by atoms with van der Waals surface area (Å²) in [6.07, 6.45) is 0.778. The SMILES string of the molecule is Cn1ccc(CNC(=O)Cn2nc(C(F)F)c(Cl)c2C2CC2)n1. The van der Waals surface area contributed by atoms with E-state index < -0.39 is 12.1 Å². The van der Waals surface area contributed by atoms with Crippen LogP contribution in [0, 0.1) is 0 Å². The number of carbonyl (C=O) groups excluding carboxylic acids is 1. The minimum absolute atomic E-state index is 0.0139. The molecular formula is C14H16ClF2N5O. The molecule has 0 aliphatic heterocycles. The number of aromatic nitrogens is 4. The number of rotatable bonds is 6. The lowest BCUT2D eigenvalue weighted by molar-refractivity contribution is -0.122.